The molecule has 1 amide bonds. The van der Waals surface area contributed by atoms with Gasteiger partial charge < -0.3 is 10.2 Å². The summed E-state index contributed by atoms with van der Waals surface area (Å²) in [6.07, 6.45) is 2.22. The van der Waals surface area contributed by atoms with Crippen LogP contribution in [0.15, 0.2) is 24.3 Å². The summed E-state index contributed by atoms with van der Waals surface area (Å²) in [4.78, 5) is 14.1. The van der Waals surface area contributed by atoms with Gasteiger partial charge in [0.2, 0.25) is 5.91 Å². The highest BCUT2D eigenvalue weighted by molar-refractivity contribution is 5.76. The Morgan fingerprint density at radius 2 is 2.16 bits per heavy atom. The first kappa shape index (κ1) is 14.0. The van der Waals surface area contributed by atoms with Crippen LogP contribution in [-0.4, -0.2) is 36.5 Å². The third kappa shape index (κ3) is 4.03. The highest BCUT2D eigenvalue weighted by Crippen LogP contribution is 2.10. The molecule has 0 aromatic heterocycles. The van der Waals surface area contributed by atoms with Gasteiger partial charge in [0.05, 0.1) is 0 Å². The van der Waals surface area contributed by atoms with Crippen LogP contribution in [0.25, 0.3) is 0 Å². The van der Waals surface area contributed by atoms with E-state index in [2.05, 4.69) is 12.2 Å². The maximum Gasteiger partial charge on any atom is 0.222 e. The lowest BCUT2D eigenvalue weighted by Gasteiger charge is -2.34. The van der Waals surface area contributed by atoms with Gasteiger partial charge in [-0.1, -0.05) is 12.1 Å². The zero-order valence-electron chi connectivity index (χ0n) is 11.4. The first-order chi connectivity index (χ1) is 9.16. The lowest BCUT2D eigenvalue weighted by Crippen LogP contribution is -2.52. The molecule has 19 heavy (non-hydrogen) atoms. The Morgan fingerprint density at radius 3 is 2.84 bits per heavy atom. The monoisotopic (exact) mass is 264 g/mol. The van der Waals surface area contributed by atoms with Gasteiger partial charge in [0.25, 0.3) is 0 Å². The average molecular weight is 264 g/mol. The van der Waals surface area contributed by atoms with E-state index in [0.717, 1.165) is 38.0 Å². The number of nitrogens with zero attached hydrogens (tertiary/aromatic N) is 1. The summed E-state index contributed by atoms with van der Waals surface area (Å²) >= 11 is 0. The van der Waals surface area contributed by atoms with E-state index in [1.807, 2.05) is 4.90 Å². The Balaban J connectivity index is 1.75. The fourth-order valence-electron chi connectivity index (χ4n) is 2.45. The molecule has 2 rings (SSSR count). The smallest absolute Gasteiger partial charge is 0.222 e. The molecule has 1 aromatic rings. The maximum atomic E-state index is 12.8. The lowest BCUT2D eigenvalue weighted by molar-refractivity contribution is -0.134. The van der Waals surface area contributed by atoms with Crippen LogP contribution in [0.1, 0.15) is 25.3 Å². The van der Waals surface area contributed by atoms with Crippen molar-refractivity contribution in [3.63, 3.8) is 0 Å². The first-order valence-corrected chi connectivity index (χ1v) is 6.91. The predicted octanol–water partition coefficient (Wildman–Crippen LogP) is 1.97. The molecular weight excluding hydrogens is 243 g/mol. The fourth-order valence-corrected chi connectivity index (χ4v) is 2.45. The number of nitrogens with one attached hydrogen (secondary N) is 1. The molecule has 0 aliphatic carbocycles. The second-order valence-corrected chi connectivity index (χ2v) is 5.12. The standard InChI is InChI=1S/C15H21FN2O/c1-12-11-17-9-10-18(12)15(19)4-2-3-13-5-7-14(16)8-6-13/h5-8,12,17H,2-4,9-11H2,1H3. The topological polar surface area (TPSA) is 32.3 Å². The second kappa shape index (κ2) is 6.66. The lowest BCUT2D eigenvalue weighted by atomic mass is 10.1. The van der Waals surface area contributed by atoms with E-state index >= 15 is 0 Å². The van der Waals surface area contributed by atoms with Gasteiger partial charge in [-0.05, 0) is 37.5 Å². The molecule has 0 radical (unpaired) electrons. The van der Waals surface area contributed by atoms with E-state index in [0.29, 0.717) is 6.42 Å². The molecule has 1 atom stereocenters. The van der Waals surface area contributed by atoms with Crippen LogP contribution in [-0.2, 0) is 11.2 Å². The largest absolute Gasteiger partial charge is 0.337 e. The van der Waals surface area contributed by atoms with Gasteiger partial charge in [0, 0.05) is 32.1 Å². The highest BCUT2D eigenvalue weighted by atomic mass is 19.1. The zero-order valence-corrected chi connectivity index (χ0v) is 11.4. The molecule has 0 bridgehead atoms. The molecule has 0 spiro atoms. The van der Waals surface area contributed by atoms with Crippen LogP contribution in [0.4, 0.5) is 4.39 Å². The molecule has 1 aliphatic heterocycles. The van der Waals surface area contributed by atoms with E-state index < -0.39 is 0 Å². The average Bonchev–Trinajstić information content (AvgIpc) is 2.41. The van der Waals surface area contributed by atoms with Crippen molar-refractivity contribution in [2.75, 3.05) is 19.6 Å². The van der Waals surface area contributed by atoms with Crippen molar-refractivity contribution >= 4 is 5.91 Å². The Kier molecular flexibility index (Phi) is 4.91. The van der Waals surface area contributed by atoms with E-state index in [-0.39, 0.29) is 17.8 Å². The van der Waals surface area contributed by atoms with Crippen molar-refractivity contribution in [3.05, 3.63) is 35.6 Å². The molecule has 3 nitrogen and oxygen atoms in total. The highest BCUT2D eigenvalue weighted by Gasteiger charge is 2.22. The van der Waals surface area contributed by atoms with Crippen LogP contribution in [0, 0.1) is 5.82 Å². The van der Waals surface area contributed by atoms with Gasteiger partial charge in [-0.3, -0.25) is 4.79 Å². The van der Waals surface area contributed by atoms with Gasteiger partial charge in [-0.2, -0.15) is 0 Å². The van der Waals surface area contributed by atoms with E-state index in [9.17, 15) is 9.18 Å². The summed E-state index contributed by atoms with van der Waals surface area (Å²) in [5.41, 5.74) is 1.09. The predicted molar refractivity (Wildman–Crippen MR) is 73.4 cm³/mol. The Labute approximate surface area is 113 Å². The Morgan fingerprint density at radius 1 is 1.42 bits per heavy atom. The Hall–Kier alpha value is -1.42. The van der Waals surface area contributed by atoms with Crippen molar-refractivity contribution in [1.82, 2.24) is 10.2 Å². The number of carbonyl (C=O) groups excluding carboxylic acids is 1. The SMILES string of the molecule is CC1CNCCN1C(=O)CCCc1ccc(F)cc1. The number of halogens is 1. The van der Waals surface area contributed by atoms with E-state index in [1.165, 1.54) is 12.1 Å². The van der Waals surface area contributed by atoms with Gasteiger partial charge in [0.1, 0.15) is 5.82 Å². The van der Waals surface area contributed by atoms with Crippen LogP contribution >= 0.6 is 0 Å². The van der Waals surface area contributed by atoms with Crippen molar-refractivity contribution in [1.29, 1.82) is 0 Å². The normalized spacial score (nSPS) is 19.5. The van der Waals surface area contributed by atoms with Crippen LogP contribution in [0.2, 0.25) is 0 Å². The van der Waals surface area contributed by atoms with Crippen LogP contribution in [0.3, 0.4) is 0 Å². The number of hydrogen-bond acceptors (Lipinski definition) is 2. The number of amides is 1. The maximum absolute atomic E-state index is 12.8. The number of aryl methyl sites for hydroxylation is 1. The van der Waals surface area contributed by atoms with Crippen molar-refractivity contribution in [3.8, 4) is 0 Å². The minimum absolute atomic E-state index is 0.213. The first-order valence-electron chi connectivity index (χ1n) is 6.91. The van der Waals surface area contributed by atoms with E-state index in [1.54, 1.807) is 12.1 Å². The van der Waals surface area contributed by atoms with Gasteiger partial charge in [0.15, 0.2) is 0 Å². The molecule has 1 unspecified atom stereocenters. The molecule has 0 saturated carbocycles. The second-order valence-electron chi connectivity index (χ2n) is 5.12. The quantitative estimate of drug-likeness (QED) is 0.901. The summed E-state index contributed by atoms with van der Waals surface area (Å²) in [6.45, 7) is 4.64. The molecule has 1 aliphatic rings. The minimum atomic E-state index is -0.213. The van der Waals surface area contributed by atoms with E-state index in [4.69, 9.17) is 0 Å². The summed E-state index contributed by atoms with van der Waals surface area (Å²) in [7, 11) is 0. The molecule has 1 N–H and O–H groups in total. The summed E-state index contributed by atoms with van der Waals surface area (Å²) in [6, 6.07) is 6.79. The zero-order chi connectivity index (χ0) is 13.7. The molecule has 104 valence electrons. The van der Waals surface area contributed by atoms with Gasteiger partial charge in [-0.25, -0.2) is 4.39 Å². The van der Waals surface area contributed by atoms with Crippen molar-refractivity contribution < 1.29 is 9.18 Å². The summed E-state index contributed by atoms with van der Waals surface area (Å²) in [5, 5.41) is 3.28. The molecule has 4 heteroatoms. The summed E-state index contributed by atoms with van der Waals surface area (Å²) in [5.74, 6) is 0.0191. The number of benzene rings is 1. The number of hydrogen-bond donors (Lipinski definition) is 1. The Bertz CT molecular complexity index is 419. The third-order valence-corrected chi connectivity index (χ3v) is 3.59. The van der Waals surface area contributed by atoms with Gasteiger partial charge >= 0.3 is 0 Å². The fraction of sp³-hybridized carbons (Fsp3) is 0.533. The van der Waals surface area contributed by atoms with Crippen molar-refractivity contribution in [2.45, 2.75) is 32.2 Å². The van der Waals surface area contributed by atoms with Crippen molar-refractivity contribution in [2.24, 2.45) is 0 Å². The molecular formula is C15H21FN2O. The van der Waals surface area contributed by atoms with Crippen LogP contribution < -0.4 is 5.32 Å². The molecule has 1 saturated heterocycles. The summed E-state index contributed by atoms with van der Waals surface area (Å²) < 4.78 is 12.8. The minimum Gasteiger partial charge on any atom is -0.337 e. The number of piperazine rings is 1. The molecule has 1 fully saturated rings. The number of rotatable bonds is 4. The molecule has 1 aromatic carbocycles. The van der Waals surface area contributed by atoms with Gasteiger partial charge in [-0.15, -0.1) is 0 Å². The third-order valence-electron chi connectivity index (χ3n) is 3.59. The van der Waals surface area contributed by atoms with Crippen LogP contribution in [0.5, 0.6) is 0 Å². The number of carbonyl (C=O) groups is 1. The molecule has 1 heterocycles.